The number of esters is 1. The number of phosphoric acid groups is 1. The van der Waals surface area contributed by atoms with Crippen molar-refractivity contribution in [2.75, 3.05) is 33.5 Å². The molecule has 42 heavy (non-hydrogen) atoms. The summed E-state index contributed by atoms with van der Waals surface area (Å²) in [7, 11) is -3.32. The van der Waals surface area contributed by atoms with Crippen molar-refractivity contribution in [2.24, 2.45) is 5.92 Å². The number of hydrogen-bond acceptors (Lipinski definition) is 9. The number of phosphoric ester groups is 1. The minimum atomic E-state index is -4.86. The number of phenolic OH excluding ortho intramolecular Hbond substituents is 1. The fourth-order valence-corrected chi connectivity index (χ4v) is 6.92. The first-order valence-corrected chi connectivity index (χ1v) is 16.6. The van der Waals surface area contributed by atoms with E-state index >= 15 is 0 Å². The van der Waals surface area contributed by atoms with Gasteiger partial charge in [-0.15, -0.1) is 0 Å². The predicted octanol–water partition coefficient (Wildman–Crippen LogP) is 6.52. The van der Waals surface area contributed by atoms with E-state index in [0.29, 0.717) is 38.0 Å². The number of carbonyl (C=O) groups excluding carboxylic acids is 1. The van der Waals surface area contributed by atoms with Gasteiger partial charge < -0.3 is 28.7 Å². The molecular weight excluding hydrogens is 559 g/mol. The Morgan fingerprint density at radius 1 is 1.17 bits per heavy atom. The van der Waals surface area contributed by atoms with Crippen LogP contribution in [0.25, 0.3) is 0 Å². The Morgan fingerprint density at radius 2 is 1.88 bits per heavy atom. The minimum absolute atomic E-state index is 0.0298. The van der Waals surface area contributed by atoms with Gasteiger partial charge in [0.25, 0.3) is 7.82 Å². The quantitative estimate of drug-likeness (QED) is 0.0693. The Bertz CT molecular complexity index is 1140. The maximum absolute atomic E-state index is 13.8. The van der Waals surface area contributed by atoms with Crippen molar-refractivity contribution in [1.29, 1.82) is 0 Å². The van der Waals surface area contributed by atoms with Gasteiger partial charge >= 0.3 is 5.97 Å². The summed E-state index contributed by atoms with van der Waals surface area (Å²) in [4.78, 5) is 26.6. The Hall–Kier alpha value is -2.00. The maximum atomic E-state index is 13.8. The van der Waals surface area contributed by atoms with Crippen LogP contribution in [-0.4, -0.2) is 50.2 Å². The molecule has 3 rings (SSSR count). The number of rotatable bonds is 17. The fraction of sp³-hybridized carbons (Fsp3) is 0.656. The molecule has 2 aliphatic carbocycles. The molecular formula is C32H48O9P-. The number of benzene rings is 1. The first kappa shape index (κ1) is 34.5. The van der Waals surface area contributed by atoms with Crippen LogP contribution in [0.2, 0.25) is 0 Å². The van der Waals surface area contributed by atoms with Crippen LogP contribution < -0.4 is 9.63 Å². The Kier molecular flexibility index (Phi) is 13.3. The van der Waals surface area contributed by atoms with Gasteiger partial charge in [0.2, 0.25) is 0 Å². The maximum Gasteiger partial charge on any atom is 0.344 e. The molecule has 0 amide bonds. The lowest BCUT2D eigenvalue weighted by atomic mass is 9.73. The molecule has 3 atom stereocenters. The van der Waals surface area contributed by atoms with Gasteiger partial charge in [-0.05, 0) is 88.8 Å². The molecule has 2 aliphatic rings. The number of allylic oxidation sites excluding steroid dienone is 3. The van der Waals surface area contributed by atoms with Gasteiger partial charge in [0.1, 0.15) is 11.5 Å². The molecule has 9 nitrogen and oxygen atoms in total. The van der Waals surface area contributed by atoms with Crippen LogP contribution in [0.3, 0.4) is 0 Å². The zero-order chi connectivity index (χ0) is 30.8. The Morgan fingerprint density at radius 3 is 2.55 bits per heavy atom. The first-order valence-electron chi connectivity index (χ1n) is 15.2. The molecule has 0 spiro atoms. The summed E-state index contributed by atoms with van der Waals surface area (Å²) in [6, 6.07) is 3.56. The highest BCUT2D eigenvalue weighted by Gasteiger charge is 2.47. The molecule has 0 radical (unpaired) electrons. The van der Waals surface area contributed by atoms with Gasteiger partial charge in [-0.25, -0.2) is 4.79 Å². The van der Waals surface area contributed by atoms with Crippen molar-refractivity contribution < 1.29 is 42.6 Å². The smallest absolute Gasteiger partial charge is 0.344 e. The average molecular weight is 608 g/mol. The summed E-state index contributed by atoms with van der Waals surface area (Å²) < 4.78 is 39.5. The molecule has 0 heterocycles. The molecule has 0 bridgehead atoms. The number of carbonyl (C=O) groups is 1. The second-order valence-electron chi connectivity index (χ2n) is 11.6. The van der Waals surface area contributed by atoms with Gasteiger partial charge in [0.15, 0.2) is 5.60 Å². The number of aryl methyl sites for hydroxylation is 1. The molecule has 1 aromatic carbocycles. The number of unbranched alkanes of at least 4 members (excludes halogenated alkanes) is 2. The summed E-state index contributed by atoms with van der Waals surface area (Å²) in [6.45, 7) is 10.8. The SMILES string of the molecule is C=C(C)[C@@H]1CCC(C)=C[C@H]1c1c(O)cc(CCCCC)cc1OC(=O)C1(OP(=O)([O-])OCCOCCOC)CCCC1. The lowest BCUT2D eigenvalue weighted by molar-refractivity contribution is -0.238. The van der Waals surface area contributed by atoms with Crippen molar-refractivity contribution in [3.63, 3.8) is 0 Å². The van der Waals surface area contributed by atoms with Crippen molar-refractivity contribution in [1.82, 2.24) is 0 Å². The van der Waals surface area contributed by atoms with Crippen LogP contribution in [0.4, 0.5) is 0 Å². The molecule has 1 aromatic rings. The molecule has 1 saturated carbocycles. The van der Waals surface area contributed by atoms with Gasteiger partial charge in [-0.2, -0.15) is 0 Å². The van der Waals surface area contributed by atoms with Crippen LogP contribution in [-0.2, 0) is 34.3 Å². The minimum Gasteiger partial charge on any atom is -0.756 e. The van der Waals surface area contributed by atoms with Gasteiger partial charge in [0, 0.05) is 18.6 Å². The third-order valence-corrected chi connectivity index (χ3v) is 9.22. The van der Waals surface area contributed by atoms with E-state index in [2.05, 4.69) is 26.5 Å². The summed E-state index contributed by atoms with van der Waals surface area (Å²) in [5.41, 5.74) is 1.83. The predicted molar refractivity (Wildman–Crippen MR) is 160 cm³/mol. The van der Waals surface area contributed by atoms with Crippen LogP contribution in [0.5, 0.6) is 11.5 Å². The number of methoxy groups -OCH3 is 1. The molecule has 0 saturated heterocycles. The summed E-state index contributed by atoms with van der Waals surface area (Å²) in [6.07, 6.45) is 9.20. The third kappa shape index (κ3) is 9.50. The molecule has 1 unspecified atom stereocenters. The fourth-order valence-electron chi connectivity index (χ4n) is 5.88. The highest BCUT2D eigenvalue weighted by molar-refractivity contribution is 7.46. The van der Waals surface area contributed by atoms with E-state index < -0.39 is 19.4 Å². The van der Waals surface area contributed by atoms with Crippen LogP contribution in [0, 0.1) is 5.92 Å². The van der Waals surface area contributed by atoms with E-state index in [4.69, 9.17) is 23.3 Å². The Balaban J connectivity index is 1.90. The molecule has 0 aliphatic heterocycles. The van der Waals surface area contributed by atoms with Crippen molar-refractivity contribution >= 4 is 13.8 Å². The van der Waals surface area contributed by atoms with Crippen LogP contribution in [0.15, 0.2) is 35.9 Å². The van der Waals surface area contributed by atoms with Crippen molar-refractivity contribution in [3.05, 3.63) is 47.1 Å². The first-order chi connectivity index (χ1) is 20.0. The molecule has 1 fully saturated rings. The highest BCUT2D eigenvalue weighted by atomic mass is 31.2. The van der Waals surface area contributed by atoms with E-state index in [1.807, 2.05) is 13.0 Å². The van der Waals surface area contributed by atoms with Gasteiger partial charge in [-0.3, -0.25) is 9.09 Å². The standard InChI is InChI=1S/C32H49O9P/c1-6-7-8-11-25-21-28(33)30(27-20-24(4)12-13-26(27)23(2)3)29(22-25)40-31(34)32(14-9-10-15-32)41-42(35,36)39-19-18-38-17-16-37-5/h20-22,26-27,33H,2,6-19H2,1,3-5H3,(H,35,36)/p-1/t26-,27+/m0/s1. The van der Waals surface area contributed by atoms with Crippen LogP contribution >= 0.6 is 7.82 Å². The van der Waals surface area contributed by atoms with Gasteiger partial charge in [0.05, 0.1) is 26.4 Å². The molecule has 10 heteroatoms. The zero-order valence-corrected chi connectivity index (χ0v) is 26.5. The number of ether oxygens (including phenoxy) is 3. The number of phenols is 1. The van der Waals surface area contributed by atoms with Gasteiger partial charge in [-0.1, -0.05) is 43.6 Å². The number of aromatic hydroxyl groups is 1. The lowest BCUT2D eigenvalue weighted by Crippen LogP contribution is -2.42. The van der Waals surface area contributed by atoms with E-state index in [0.717, 1.165) is 43.2 Å². The van der Waals surface area contributed by atoms with Crippen LogP contribution in [0.1, 0.15) is 95.6 Å². The molecule has 0 aromatic heterocycles. The van der Waals surface area contributed by atoms with E-state index in [9.17, 15) is 19.4 Å². The van der Waals surface area contributed by atoms with Crippen molar-refractivity contribution in [2.45, 2.75) is 96.5 Å². The number of hydrogen-bond donors (Lipinski definition) is 1. The zero-order valence-electron chi connectivity index (χ0n) is 25.7. The second-order valence-corrected chi connectivity index (χ2v) is 12.9. The normalized spacial score (nSPS) is 21.5. The van der Waals surface area contributed by atoms with E-state index in [1.54, 1.807) is 13.2 Å². The molecule has 1 N–H and O–H groups in total. The summed E-state index contributed by atoms with van der Waals surface area (Å²) >= 11 is 0. The summed E-state index contributed by atoms with van der Waals surface area (Å²) in [5.74, 6) is -0.693. The van der Waals surface area contributed by atoms with E-state index in [-0.39, 0.29) is 49.4 Å². The lowest BCUT2D eigenvalue weighted by Gasteiger charge is -2.35. The Labute approximate surface area is 250 Å². The topological polar surface area (TPSA) is 124 Å². The summed E-state index contributed by atoms with van der Waals surface area (Å²) in [5, 5.41) is 11.4. The molecule has 236 valence electrons. The van der Waals surface area contributed by atoms with E-state index in [1.165, 1.54) is 5.57 Å². The average Bonchev–Trinajstić information content (AvgIpc) is 3.39. The van der Waals surface area contributed by atoms with Crippen molar-refractivity contribution in [3.8, 4) is 11.5 Å². The highest BCUT2D eigenvalue weighted by Crippen LogP contribution is 2.51. The largest absolute Gasteiger partial charge is 0.756 e. The second kappa shape index (κ2) is 16.2. The monoisotopic (exact) mass is 607 g/mol. The third-order valence-electron chi connectivity index (χ3n) is 8.14.